The zero-order valence-electron chi connectivity index (χ0n) is 8.54. The highest BCUT2D eigenvalue weighted by atomic mass is 32.2. The average Bonchev–Trinajstić information content (AvgIpc) is 2.21. The molecule has 0 aliphatic heterocycles. The van der Waals surface area contributed by atoms with Gasteiger partial charge >= 0.3 is 0 Å². The number of nitrogen functional groups attached to an aromatic ring is 1. The minimum absolute atomic E-state index is 0.677. The van der Waals surface area contributed by atoms with Crippen LogP contribution >= 0.6 is 11.8 Å². The van der Waals surface area contributed by atoms with Gasteiger partial charge in [-0.05, 0) is 18.4 Å². The van der Waals surface area contributed by atoms with Crippen LogP contribution in [0.25, 0.3) is 0 Å². The molecule has 0 aliphatic rings. The summed E-state index contributed by atoms with van der Waals surface area (Å²) >= 11 is 1.80. The van der Waals surface area contributed by atoms with E-state index in [4.69, 9.17) is 10.5 Å². The Balaban J connectivity index is 2.66. The molecule has 0 fully saturated rings. The third-order valence-electron chi connectivity index (χ3n) is 1.91. The van der Waals surface area contributed by atoms with Crippen molar-refractivity contribution in [3.05, 3.63) is 18.2 Å². The van der Waals surface area contributed by atoms with Crippen molar-refractivity contribution in [3.63, 3.8) is 0 Å². The van der Waals surface area contributed by atoms with Crippen molar-refractivity contribution < 1.29 is 4.74 Å². The van der Waals surface area contributed by atoms with Crippen LogP contribution in [0, 0.1) is 0 Å². The van der Waals surface area contributed by atoms with Gasteiger partial charge in [-0.2, -0.15) is 11.8 Å². The number of ether oxygens (including phenoxy) is 1. The quantitative estimate of drug-likeness (QED) is 0.579. The molecule has 0 saturated carbocycles. The largest absolute Gasteiger partial charge is 0.495 e. The van der Waals surface area contributed by atoms with E-state index in [1.807, 2.05) is 18.2 Å². The first kappa shape index (κ1) is 11.0. The van der Waals surface area contributed by atoms with Crippen molar-refractivity contribution in [2.45, 2.75) is 0 Å². The number of thioether (sulfide) groups is 1. The van der Waals surface area contributed by atoms with Crippen LogP contribution in [0.2, 0.25) is 0 Å². The smallest absolute Gasteiger partial charge is 0.143 e. The Morgan fingerprint density at radius 3 is 2.93 bits per heavy atom. The second-order valence-corrected chi connectivity index (χ2v) is 3.83. The van der Waals surface area contributed by atoms with Crippen LogP contribution in [0.3, 0.4) is 0 Å². The zero-order chi connectivity index (χ0) is 10.4. The summed E-state index contributed by atoms with van der Waals surface area (Å²) in [5, 5.41) is 3.26. The second kappa shape index (κ2) is 5.65. The van der Waals surface area contributed by atoms with Gasteiger partial charge in [-0.3, -0.25) is 0 Å². The van der Waals surface area contributed by atoms with Crippen LogP contribution in [-0.4, -0.2) is 25.7 Å². The molecule has 0 aromatic heterocycles. The summed E-state index contributed by atoms with van der Waals surface area (Å²) in [6, 6.07) is 5.74. The summed E-state index contributed by atoms with van der Waals surface area (Å²) in [4.78, 5) is 0. The van der Waals surface area contributed by atoms with Crippen LogP contribution in [0.1, 0.15) is 0 Å². The van der Waals surface area contributed by atoms with E-state index in [0.29, 0.717) is 5.69 Å². The number of hydrogen-bond acceptors (Lipinski definition) is 4. The fourth-order valence-electron chi connectivity index (χ4n) is 1.16. The van der Waals surface area contributed by atoms with Crippen LogP contribution < -0.4 is 15.8 Å². The van der Waals surface area contributed by atoms with Gasteiger partial charge in [0.05, 0.1) is 18.5 Å². The van der Waals surface area contributed by atoms with E-state index in [2.05, 4.69) is 11.6 Å². The lowest BCUT2D eigenvalue weighted by atomic mass is 10.2. The molecular formula is C10H16N2OS. The molecule has 4 heteroatoms. The summed E-state index contributed by atoms with van der Waals surface area (Å²) in [6.07, 6.45) is 2.08. The molecule has 14 heavy (non-hydrogen) atoms. The number of anilines is 2. The lowest BCUT2D eigenvalue weighted by Crippen LogP contribution is -2.06. The predicted molar refractivity (Wildman–Crippen MR) is 64.3 cm³/mol. The molecule has 1 rings (SSSR count). The van der Waals surface area contributed by atoms with Gasteiger partial charge < -0.3 is 15.8 Å². The fourth-order valence-corrected chi connectivity index (χ4v) is 1.47. The van der Waals surface area contributed by atoms with E-state index in [0.717, 1.165) is 23.7 Å². The first-order valence-corrected chi connectivity index (χ1v) is 5.84. The van der Waals surface area contributed by atoms with E-state index in [1.165, 1.54) is 0 Å². The van der Waals surface area contributed by atoms with Gasteiger partial charge in [-0.15, -0.1) is 0 Å². The summed E-state index contributed by atoms with van der Waals surface area (Å²) < 4.78 is 5.12. The molecule has 0 saturated heterocycles. The molecule has 0 bridgehead atoms. The van der Waals surface area contributed by atoms with Gasteiger partial charge in [0.2, 0.25) is 0 Å². The second-order valence-electron chi connectivity index (χ2n) is 2.84. The maximum atomic E-state index is 5.88. The third kappa shape index (κ3) is 2.73. The van der Waals surface area contributed by atoms with E-state index in [1.54, 1.807) is 18.9 Å². The number of methoxy groups -OCH3 is 1. The van der Waals surface area contributed by atoms with Gasteiger partial charge in [-0.25, -0.2) is 0 Å². The van der Waals surface area contributed by atoms with E-state index >= 15 is 0 Å². The highest BCUT2D eigenvalue weighted by molar-refractivity contribution is 7.98. The lowest BCUT2D eigenvalue weighted by Gasteiger charge is -2.11. The van der Waals surface area contributed by atoms with Crippen molar-refractivity contribution >= 4 is 23.1 Å². The van der Waals surface area contributed by atoms with Crippen molar-refractivity contribution in [3.8, 4) is 5.75 Å². The number of rotatable bonds is 5. The Labute approximate surface area is 89.0 Å². The molecule has 3 nitrogen and oxygen atoms in total. The molecule has 0 atom stereocenters. The van der Waals surface area contributed by atoms with Crippen molar-refractivity contribution in [1.82, 2.24) is 0 Å². The molecule has 1 aromatic rings. The Morgan fingerprint density at radius 1 is 1.50 bits per heavy atom. The first-order chi connectivity index (χ1) is 6.79. The molecule has 3 N–H and O–H groups in total. The normalized spacial score (nSPS) is 9.86. The number of para-hydroxylation sites is 1. The van der Waals surface area contributed by atoms with Crippen molar-refractivity contribution in [2.75, 3.05) is 36.7 Å². The summed E-state index contributed by atoms with van der Waals surface area (Å²) in [6.45, 7) is 0.915. The number of hydrogen-bond donors (Lipinski definition) is 2. The average molecular weight is 212 g/mol. The fraction of sp³-hybridized carbons (Fsp3) is 0.400. The van der Waals surface area contributed by atoms with Gasteiger partial charge in [0.1, 0.15) is 5.75 Å². The maximum Gasteiger partial charge on any atom is 0.143 e. The van der Waals surface area contributed by atoms with Crippen LogP contribution in [-0.2, 0) is 0 Å². The monoisotopic (exact) mass is 212 g/mol. The maximum absolute atomic E-state index is 5.88. The Bertz CT molecular complexity index is 291. The molecular weight excluding hydrogens is 196 g/mol. The van der Waals surface area contributed by atoms with E-state index in [-0.39, 0.29) is 0 Å². The third-order valence-corrected chi connectivity index (χ3v) is 2.52. The molecule has 0 heterocycles. The molecule has 0 unspecified atom stereocenters. The highest BCUT2D eigenvalue weighted by Gasteiger charge is 2.03. The first-order valence-electron chi connectivity index (χ1n) is 4.45. The minimum atomic E-state index is 0.677. The van der Waals surface area contributed by atoms with Gasteiger partial charge in [-0.1, -0.05) is 6.07 Å². The molecule has 0 aliphatic carbocycles. The zero-order valence-corrected chi connectivity index (χ0v) is 9.36. The molecule has 0 amide bonds. The Hall–Kier alpha value is -1.03. The number of nitrogens with one attached hydrogen (secondary N) is 1. The van der Waals surface area contributed by atoms with E-state index in [9.17, 15) is 0 Å². The van der Waals surface area contributed by atoms with Crippen LogP contribution in [0.5, 0.6) is 5.75 Å². The standard InChI is InChI=1S/C10H16N2OS/c1-13-9-5-3-4-8(10(9)11)12-6-7-14-2/h3-5,12H,6-7,11H2,1-2H3. The molecule has 1 aromatic carbocycles. The SMILES string of the molecule is COc1cccc(NCCSC)c1N. The number of benzene rings is 1. The summed E-state index contributed by atoms with van der Waals surface area (Å²) in [7, 11) is 1.62. The molecule has 0 radical (unpaired) electrons. The summed E-state index contributed by atoms with van der Waals surface area (Å²) in [5.74, 6) is 1.79. The Kier molecular flexibility index (Phi) is 4.46. The van der Waals surface area contributed by atoms with Crippen LogP contribution in [0.15, 0.2) is 18.2 Å². The molecule has 0 spiro atoms. The van der Waals surface area contributed by atoms with Gasteiger partial charge in [0.25, 0.3) is 0 Å². The lowest BCUT2D eigenvalue weighted by molar-refractivity contribution is 0.417. The topological polar surface area (TPSA) is 47.3 Å². The predicted octanol–water partition coefficient (Wildman–Crippen LogP) is 2.05. The van der Waals surface area contributed by atoms with Crippen molar-refractivity contribution in [1.29, 1.82) is 0 Å². The van der Waals surface area contributed by atoms with Crippen LogP contribution in [0.4, 0.5) is 11.4 Å². The highest BCUT2D eigenvalue weighted by Crippen LogP contribution is 2.28. The minimum Gasteiger partial charge on any atom is -0.495 e. The van der Waals surface area contributed by atoms with Gasteiger partial charge in [0, 0.05) is 12.3 Å². The Morgan fingerprint density at radius 2 is 2.29 bits per heavy atom. The summed E-state index contributed by atoms with van der Waals surface area (Å²) in [5.41, 5.74) is 7.50. The van der Waals surface area contributed by atoms with E-state index < -0.39 is 0 Å². The number of nitrogens with two attached hydrogens (primary N) is 1. The van der Waals surface area contributed by atoms with Crippen molar-refractivity contribution in [2.24, 2.45) is 0 Å². The van der Waals surface area contributed by atoms with Gasteiger partial charge in [0.15, 0.2) is 0 Å². The molecule has 78 valence electrons.